The Morgan fingerprint density at radius 3 is 2.58 bits per heavy atom. The molecule has 138 valence electrons. The number of likely N-dealkylation sites (N-methyl/N-ethyl adjacent to an activating group) is 1. The Balaban J connectivity index is 1.53. The van der Waals surface area contributed by atoms with Gasteiger partial charge in [0, 0.05) is 11.0 Å². The van der Waals surface area contributed by atoms with Gasteiger partial charge in [0.1, 0.15) is 13.2 Å². The van der Waals surface area contributed by atoms with E-state index in [0.717, 1.165) is 28.1 Å². The van der Waals surface area contributed by atoms with Crippen molar-refractivity contribution in [1.82, 2.24) is 10.2 Å². The highest BCUT2D eigenvalue weighted by atomic mass is 79.9. The first-order valence-corrected chi connectivity index (χ1v) is 9.42. The Hall–Kier alpha value is -2.05. The van der Waals surface area contributed by atoms with Gasteiger partial charge in [0.15, 0.2) is 11.5 Å². The van der Waals surface area contributed by atoms with Gasteiger partial charge in [-0.2, -0.15) is 0 Å². The van der Waals surface area contributed by atoms with Crippen molar-refractivity contribution in [3.63, 3.8) is 0 Å². The summed E-state index contributed by atoms with van der Waals surface area (Å²) in [5.41, 5.74) is 2.17. The minimum atomic E-state index is -0.0978. The Morgan fingerprint density at radius 2 is 1.85 bits per heavy atom. The van der Waals surface area contributed by atoms with E-state index in [-0.39, 0.29) is 11.9 Å². The van der Waals surface area contributed by atoms with E-state index < -0.39 is 0 Å². The molecule has 1 aliphatic rings. The molecule has 5 nitrogen and oxygen atoms in total. The number of nitrogens with one attached hydrogen (secondary N) is 1. The van der Waals surface area contributed by atoms with Gasteiger partial charge in [0.05, 0.1) is 12.6 Å². The molecule has 0 spiro atoms. The first-order valence-electron chi connectivity index (χ1n) is 8.63. The lowest BCUT2D eigenvalue weighted by Gasteiger charge is -2.22. The van der Waals surface area contributed by atoms with Gasteiger partial charge >= 0.3 is 0 Å². The van der Waals surface area contributed by atoms with Crippen LogP contribution in [-0.2, 0) is 11.3 Å². The third kappa shape index (κ3) is 4.99. The van der Waals surface area contributed by atoms with E-state index in [9.17, 15) is 4.79 Å². The van der Waals surface area contributed by atoms with Gasteiger partial charge in [-0.05, 0) is 49.4 Å². The van der Waals surface area contributed by atoms with Gasteiger partial charge in [-0.25, -0.2) is 0 Å². The third-order valence-electron chi connectivity index (χ3n) is 4.22. The molecule has 1 N–H and O–H groups in total. The highest BCUT2D eigenvalue weighted by molar-refractivity contribution is 9.10. The van der Waals surface area contributed by atoms with E-state index in [4.69, 9.17) is 9.47 Å². The topological polar surface area (TPSA) is 50.8 Å². The Bertz CT molecular complexity index is 764. The quantitative estimate of drug-likeness (QED) is 0.779. The Morgan fingerprint density at radius 1 is 1.15 bits per heavy atom. The fraction of sp³-hybridized carbons (Fsp3) is 0.350. The Kier molecular flexibility index (Phi) is 6.16. The van der Waals surface area contributed by atoms with Crippen LogP contribution in [0.15, 0.2) is 46.9 Å². The number of rotatable bonds is 6. The van der Waals surface area contributed by atoms with Crippen molar-refractivity contribution in [2.75, 3.05) is 26.8 Å². The molecule has 0 saturated carbocycles. The van der Waals surface area contributed by atoms with Crippen molar-refractivity contribution in [1.29, 1.82) is 0 Å². The summed E-state index contributed by atoms with van der Waals surface area (Å²) in [6, 6.07) is 13.8. The number of amides is 1. The van der Waals surface area contributed by atoms with Crippen molar-refractivity contribution in [3.05, 3.63) is 58.1 Å². The summed E-state index contributed by atoms with van der Waals surface area (Å²) < 4.78 is 12.2. The summed E-state index contributed by atoms with van der Waals surface area (Å²) in [5, 5.41) is 3.04. The molecule has 0 fully saturated rings. The summed E-state index contributed by atoms with van der Waals surface area (Å²) in [5.74, 6) is 1.49. The summed E-state index contributed by atoms with van der Waals surface area (Å²) in [6.07, 6.45) is 0. The van der Waals surface area contributed by atoms with Crippen LogP contribution in [0.2, 0.25) is 0 Å². The number of halogens is 1. The maximum atomic E-state index is 12.4. The second-order valence-corrected chi connectivity index (χ2v) is 7.41. The number of ether oxygens (including phenoxy) is 2. The first kappa shape index (κ1) is 18.7. The van der Waals surface area contributed by atoms with Crippen LogP contribution >= 0.6 is 15.9 Å². The van der Waals surface area contributed by atoms with Gasteiger partial charge < -0.3 is 14.8 Å². The van der Waals surface area contributed by atoms with Crippen LogP contribution in [0.5, 0.6) is 11.5 Å². The van der Waals surface area contributed by atoms with Crippen molar-refractivity contribution in [2.45, 2.75) is 19.5 Å². The van der Waals surface area contributed by atoms with Crippen molar-refractivity contribution < 1.29 is 14.3 Å². The normalized spacial score (nSPS) is 14.2. The van der Waals surface area contributed by atoms with E-state index in [1.54, 1.807) is 0 Å². The average molecular weight is 419 g/mol. The molecule has 2 aromatic rings. The third-order valence-corrected chi connectivity index (χ3v) is 4.75. The van der Waals surface area contributed by atoms with Gasteiger partial charge in [0.2, 0.25) is 5.91 Å². The number of fused-ring (bicyclic) bond motifs is 1. The molecule has 1 aliphatic heterocycles. The molecule has 1 atom stereocenters. The maximum Gasteiger partial charge on any atom is 0.234 e. The number of carbonyl (C=O) groups is 1. The minimum Gasteiger partial charge on any atom is -0.486 e. The van der Waals surface area contributed by atoms with Gasteiger partial charge in [0.25, 0.3) is 0 Å². The highest BCUT2D eigenvalue weighted by Gasteiger charge is 2.16. The summed E-state index contributed by atoms with van der Waals surface area (Å²) >= 11 is 3.43. The second-order valence-electron chi connectivity index (χ2n) is 6.49. The molecule has 0 aliphatic carbocycles. The van der Waals surface area contributed by atoms with Crippen LogP contribution in [0.1, 0.15) is 24.1 Å². The van der Waals surface area contributed by atoms with Gasteiger partial charge in [-0.1, -0.05) is 34.1 Å². The molecule has 26 heavy (non-hydrogen) atoms. The largest absolute Gasteiger partial charge is 0.486 e. The molecular formula is C20H23BrN2O3. The molecule has 0 aromatic heterocycles. The summed E-state index contributed by atoms with van der Waals surface area (Å²) in [6.45, 7) is 4.16. The predicted molar refractivity (Wildman–Crippen MR) is 104 cm³/mol. The van der Waals surface area contributed by atoms with E-state index >= 15 is 0 Å². The molecule has 0 bridgehead atoms. The maximum absolute atomic E-state index is 12.4. The fourth-order valence-electron chi connectivity index (χ4n) is 2.90. The van der Waals surface area contributed by atoms with E-state index in [2.05, 4.69) is 33.4 Å². The van der Waals surface area contributed by atoms with E-state index in [1.807, 2.05) is 49.2 Å². The molecule has 1 amide bonds. The summed E-state index contributed by atoms with van der Waals surface area (Å²) in [4.78, 5) is 14.3. The van der Waals surface area contributed by atoms with Crippen LogP contribution in [-0.4, -0.2) is 37.6 Å². The van der Waals surface area contributed by atoms with E-state index in [0.29, 0.717) is 19.8 Å². The number of carbonyl (C=O) groups excluding carboxylic acids is 1. The van der Waals surface area contributed by atoms with Crippen LogP contribution in [0.3, 0.4) is 0 Å². The van der Waals surface area contributed by atoms with E-state index in [1.165, 1.54) is 5.56 Å². The second kappa shape index (κ2) is 8.56. The van der Waals surface area contributed by atoms with Crippen molar-refractivity contribution in [3.8, 4) is 11.5 Å². The zero-order chi connectivity index (χ0) is 18.5. The minimum absolute atomic E-state index is 0.00741. The monoisotopic (exact) mass is 418 g/mol. The SMILES string of the molecule is C[C@@H](NC(=O)CN(C)Cc1ccc(Br)cc1)c1ccc2c(c1)OCCO2. The van der Waals surface area contributed by atoms with Crippen molar-refractivity contribution >= 4 is 21.8 Å². The lowest BCUT2D eigenvalue weighted by Crippen LogP contribution is -2.36. The van der Waals surface area contributed by atoms with Crippen LogP contribution in [0, 0.1) is 0 Å². The molecular weight excluding hydrogens is 396 g/mol. The van der Waals surface area contributed by atoms with Crippen molar-refractivity contribution in [2.24, 2.45) is 0 Å². The highest BCUT2D eigenvalue weighted by Crippen LogP contribution is 2.32. The number of hydrogen-bond donors (Lipinski definition) is 1. The molecule has 0 saturated heterocycles. The predicted octanol–water partition coefficient (Wildman–Crippen LogP) is 3.53. The lowest BCUT2D eigenvalue weighted by molar-refractivity contribution is -0.122. The molecule has 1 heterocycles. The number of hydrogen-bond acceptors (Lipinski definition) is 4. The molecule has 0 radical (unpaired) electrons. The molecule has 2 aromatic carbocycles. The van der Waals surface area contributed by atoms with Gasteiger partial charge in [-0.15, -0.1) is 0 Å². The van der Waals surface area contributed by atoms with Crippen LogP contribution in [0.25, 0.3) is 0 Å². The molecule has 6 heteroatoms. The standard InChI is InChI=1S/C20H23BrN2O3/c1-14(16-5-8-18-19(11-16)26-10-9-25-18)22-20(24)13-23(2)12-15-3-6-17(21)7-4-15/h3-8,11,14H,9-10,12-13H2,1-2H3,(H,22,24)/t14-/m1/s1. The van der Waals surface area contributed by atoms with Crippen LogP contribution < -0.4 is 14.8 Å². The molecule has 0 unspecified atom stereocenters. The molecule has 3 rings (SSSR count). The zero-order valence-corrected chi connectivity index (χ0v) is 16.6. The first-order chi connectivity index (χ1) is 12.5. The lowest BCUT2D eigenvalue weighted by atomic mass is 10.1. The number of nitrogens with zero attached hydrogens (tertiary/aromatic N) is 1. The van der Waals surface area contributed by atoms with Gasteiger partial charge in [-0.3, -0.25) is 9.69 Å². The fourth-order valence-corrected chi connectivity index (χ4v) is 3.17. The van der Waals surface area contributed by atoms with Crippen LogP contribution in [0.4, 0.5) is 0 Å². The summed E-state index contributed by atoms with van der Waals surface area (Å²) in [7, 11) is 1.94. The smallest absolute Gasteiger partial charge is 0.234 e. The number of benzene rings is 2. The Labute approximate surface area is 162 Å². The zero-order valence-electron chi connectivity index (χ0n) is 15.0. The average Bonchev–Trinajstić information content (AvgIpc) is 2.63.